The molecule has 1 aromatic carbocycles. The third-order valence-corrected chi connectivity index (χ3v) is 3.01. The summed E-state index contributed by atoms with van der Waals surface area (Å²) in [6, 6.07) is 6.11. The number of alkyl halides is 1. The van der Waals surface area contributed by atoms with Crippen molar-refractivity contribution in [3.05, 3.63) is 35.0 Å². The average Bonchev–Trinajstić information content (AvgIpc) is 2.64. The van der Waals surface area contributed by atoms with E-state index in [0.717, 1.165) is 16.5 Å². The molecule has 0 radical (unpaired) electrons. The average molecular weight is 251 g/mol. The summed E-state index contributed by atoms with van der Waals surface area (Å²) in [5.41, 5.74) is 3.78. The van der Waals surface area contributed by atoms with Crippen molar-refractivity contribution in [2.75, 3.05) is 12.4 Å². The number of rotatable bonds is 3. The van der Waals surface area contributed by atoms with E-state index in [1.165, 1.54) is 5.56 Å². The zero-order chi connectivity index (χ0) is 12.4. The number of amides is 1. The Morgan fingerprint density at radius 2 is 2.18 bits per heavy atom. The van der Waals surface area contributed by atoms with Gasteiger partial charge in [-0.25, -0.2) is 0 Å². The molecule has 1 aromatic heterocycles. The van der Waals surface area contributed by atoms with E-state index in [2.05, 4.69) is 16.4 Å². The number of aromatic nitrogens is 1. The number of fused-ring (bicyclic) bond motifs is 1. The molecule has 0 aliphatic rings. The topological polar surface area (TPSA) is 44.9 Å². The third-order valence-electron chi connectivity index (χ3n) is 2.82. The fourth-order valence-electron chi connectivity index (χ4n) is 1.92. The second kappa shape index (κ2) is 4.80. The Hall–Kier alpha value is -1.48. The number of carbonyl (C=O) groups excluding carboxylic acids is 1. The van der Waals surface area contributed by atoms with Crippen LogP contribution >= 0.6 is 11.6 Å². The SMILES string of the molecule is Cc1ccc2[nH]c(C(=O)NCCCl)c(C)c2c1. The number of H-pyrrole nitrogens is 1. The van der Waals surface area contributed by atoms with Crippen molar-refractivity contribution in [3.8, 4) is 0 Å². The number of aromatic amines is 1. The van der Waals surface area contributed by atoms with Crippen molar-refractivity contribution >= 4 is 28.4 Å². The van der Waals surface area contributed by atoms with Gasteiger partial charge in [-0.15, -0.1) is 11.6 Å². The summed E-state index contributed by atoms with van der Waals surface area (Å²) in [4.78, 5) is 15.0. The lowest BCUT2D eigenvalue weighted by atomic mass is 10.1. The summed E-state index contributed by atoms with van der Waals surface area (Å²) < 4.78 is 0. The van der Waals surface area contributed by atoms with Gasteiger partial charge in [-0.05, 0) is 31.5 Å². The van der Waals surface area contributed by atoms with Gasteiger partial charge in [0.25, 0.3) is 5.91 Å². The molecular formula is C13H15ClN2O. The molecule has 4 heteroatoms. The maximum atomic E-state index is 11.9. The van der Waals surface area contributed by atoms with E-state index in [4.69, 9.17) is 11.6 Å². The zero-order valence-electron chi connectivity index (χ0n) is 9.93. The fourth-order valence-corrected chi connectivity index (χ4v) is 2.01. The molecule has 0 fully saturated rings. The largest absolute Gasteiger partial charge is 0.350 e. The van der Waals surface area contributed by atoms with Crippen molar-refractivity contribution in [2.45, 2.75) is 13.8 Å². The first kappa shape index (κ1) is 12.0. The van der Waals surface area contributed by atoms with E-state index >= 15 is 0 Å². The molecule has 0 aliphatic heterocycles. The van der Waals surface area contributed by atoms with Crippen LogP contribution < -0.4 is 5.32 Å². The summed E-state index contributed by atoms with van der Waals surface area (Å²) in [6.45, 7) is 4.47. The molecule has 0 aliphatic carbocycles. The highest BCUT2D eigenvalue weighted by Gasteiger charge is 2.13. The highest BCUT2D eigenvalue weighted by molar-refractivity contribution is 6.18. The Morgan fingerprint density at radius 3 is 2.88 bits per heavy atom. The Labute approximate surface area is 105 Å². The van der Waals surface area contributed by atoms with Crippen molar-refractivity contribution in [1.29, 1.82) is 0 Å². The second-order valence-corrected chi connectivity index (χ2v) is 4.50. The summed E-state index contributed by atoms with van der Waals surface area (Å²) in [5.74, 6) is 0.321. The first-order valence-corrected chi connectivity index (χ1v) is 6.10. The summed E-state index contributed by atoms with van der Waals surface area (Å²) in [5, 5.41) is 3.86. The van der Waals surface area contributed by atoms with Crippen molar-refractivity contribution in [1.82, 2.24) is 10.3 Å². The molecule has 3 nitrogen and oxygen atoms in total. The maximum Gasteiger partial charge on any atom is 0.268 e. The first-order valence-electron chi connectivity index (χ1n) is 5.56. The molecule has 1 amide bonds. The van der Waals surface area contributed by atoms with E-state index in [1.54, 1.807) is 0 Å². The van der Waals surface area contributed by atoms with Gasteiger partial charge >= 0.3 is 0 Å². The van der Waals surface area contributed by atoms with Gasteiger partial charge in [-0.3, -0.25) is 4.79 Å². The Kier molecular flexibility index (Phi) is 3.38. The van der Waals surface area contributed by atoms with E-state index in [0.29, 0.717) is 18.1 Å². The molecular weight excluding hydrogens is 236 g/mol. The molecule has 0 saturated heterocycles. The van der Waals surface area contributed by atoms with Crippen molar-refractivity contribution in [2.24, 2.45) is 0 Å². The molecule has 2 rings (SSSR count). The minimum atomic E-state index is -0.1000. The van der Waals surface area contributed by atoms with Crippen LogP contribution in [0.2, 0.25) is 0 Å². The first-order chi connectivity index (χ1) is 8.13. The van der Waals surface area contributed by atoms with Crippen molar-refractivity contribution < 1.29 is 4.79 Å². The number of aryl methyl sites for hydroxylation is 2. The van der Waals surface area contributed by atoms with E-state index < -0.39 is 0 Å². The van der Waals surface area contributed by atoms with Crippen LogP contribution in [0.5, 0.6) is 0 Å². The van der Waals surface area contributed by atoms with Gasteiger partial charge in [-0.1, -0.05) is 11.6 Å². The second-order valence-electron chi connectivity index (χ2n) is 4.12. The summed E-state index contributed by atoms with van der Waals surface area (Å²) in [7, 11) is 0. The zero-order valence-corrected chi connectivity index (χ0v) is 10.7. The van der Waals surface area contributed by atoms with Crippen LogP contribution in [0, 0.1) is 13.8 Å². The Morgan fingerprint density at radius 1 is 1.41 bits per heavy atom. The number of carbonyl (C=O) groups is 1. The van der Waals surface area contributed by atoms with Gasteiger partial charge in [0.1, 0.15) is 5.69 Å². The third kappa shape index (κ3) is 2.29. The van der Waals surface area contributed by atoms with Gasteiger partial charge in [0, 0.05) is 23.3 Å². The summed E-state index contributed by atoms with van der Waals surface area (Å²) in [6.07, 6.45) is 0. The maximum absolute atomic E-state index is 11.9. The predicted octanol–water partition coefficient (Wildman–Crippen LogP) is 2.75. The van der Waals surface area contributed by atoms with Crippen LogP contribution in [0.1, 0.15) is 21.6 Å². The highest BCUT2D eigenvalue weighted by Crippen LogP contribution is 2.22. The summed E-state index contributed by atoms with van der Waals surface area (Å²) >= 11 is 5.55. The molecule has 90 valence electrons. The molecule has 0 unspecified atom stereocenters. The molecule has 0 saturated carbocycles. The highest BCUT2D eigenvalue weighted by atomic mass is 35.5. The molecule has 1 heterocycles. The van der Waals surface area contributed by atoms with Crippen LogP contribution in [0.25, 0.3) is 10.9 Å². The van der Waals surface area contributed by atoms with Gasteiger partial charge in [0.05, 0.1) is 0 Å². The normalized spacial score (nSPS) is 10.8. The van der Waals surface area contributed by atoms with Crippen LogP contribution in [0.15, 0.2) is 18.2 Å². The number of nitrogens with one attached hydrogen (secondary N) is 2. The molecule has 0 atom stereocenters. The molecule has 2 N–H and O–H groups in total. The van der Waals surface area contributed by atoms with Crippen LogP contribution in [0.3, 0.4) is 0 Å². The minimum absolute atomic E-state index is 0.1000. The minimum Gasteiger partial charge on any atom is -0.350 e. The molecule has 2 aromatic rings. The van der Waals surface area contributed by atoms with E-state index in [9.17, 15) is 4.79 Å². The van der Waals surface area contributed by atoms with Gasteiger partial charge in [-0.2, -0.15) is 0 Å². The van der Waals surface area contributed by atoms with Gasteiger partial charge < -0.3 is 10.3 Å². The fraction of sp³-hybridized carbons (Fsp3) is 0.308. The number of hydrogen-bond donors (Lipinski definition) is 2. The quantitative estimate of drug-likeness (QED) is 0.809. The van der Waals surface area contributed by atoms with Crippen LogP contribution in [0.4, 0.5) is 0 Å². The van der Waals surface area contributed by atoms with Gasteiger partial charge in [0.15, 0.2) is 0 Å². The predicted molar refractivity (Wildman–Crippen MR) is 70.8 cm³/mol. The van der Waals surface area contributed by atoms with Crippen LogP contribution in [-0.4, -0.2) is 23.3 Å². The smallest absolute Gasteiger partial charge is 0.268 e. The van der Waals surface area contributed by atoms with Crippen LogP contribution in [-0.2, 0) is 0 Å². The molecule has 17 heavy (non-hydrogen) atoms. The Balaban J connectivity index is 2.42. The number of benzene rings is 1. The number of halogens is 1. The monoisotopic (exact) mass is 250 g/mol. The van der Waals surface area contributed by atoms with E-state index in [1.807, 2.05) is 26.0 Å². The lowest BCUT2D eigenvalue weighted by Crippen LogP contribution is -2.26. The van der Waals surface area contributed by atoms with E-state index in [-0.39, 0.29) is 5.91 Å². The molecule has 0 spiro atoms. The Bertz CT molecular complexity index is 560. The standard InChI is InChI=1S/C13H15ClN2O/c1-8-3-4-11-10(7-8)9(2)12(16-11)13(17)15-6-5-14/h3-4,7,16H,5-6H2,1-2H3,(H,15,17). The lowest BCUT2D eigenvalue weighted by molar-refractivity contribution is 0.0951. The van der Waals surface area contributed by atoms with Crippen molar-refractivity contribution in [3.63, 3.8) is 0 Å². The number of hydrogen-bond acceptors (Lipinski definition) is 1. The van der Waals surface area contributed by atoms with Gasteiger partial charge in [0.2, 0.25) is 0 Å². The molecule has 0 bridgehead atoms. The lowest BCUT2D eigenvalue weighted by Gasteiger charge is -2.01.